The molecule has 8 heteroatoms. The number of carbonyl (C=O) groups excluding carboxylic acids is 1. The summed E-state index contributed by atoms with van der Waals surface area (Å²) in [6.45, 7) is 5.75. The van der Waals surface area contributed by atoms with E-state index in [1.807, 2.05) is 25.1 Å². The van der Waals surface area contributed by atoms with E-state index in [1.165, 1.54) is 10.4 Å². The van der Waals surface area contributed by atoms with Gasteiger partial charge in [-0.15, -0.1) is 0 Å². The van der Waals surface area contributed by atoms with Crippen molar-refractivity contribution in [2.45, 2.75) is 37.6 Å². The number of hydrogen-bond donors (Lipinski definition) is 1. The lowest BCUT2D eigenvalue weighted by atomic mass is 10.0. The number of fused-ring (bicyclic) bond motifs is 1. The van der Waals surface area contributed by atoms with Crippen LogP contribution in [0.25, 0.3) is 0 Å². The fourth-order valence-electron chi connectivity index (χ4n) is 3.77. The molecule has 1 atom stereocenters. The van der Waals surface area contributed by atoms with E-state index in [-0.39, 0.29) is 16.8 Å². The van der Waals surface area contributed by atoms with Crippen LogP contribution >= 0.6 is 0 Å². The van der Waals surface area contributed by atoms with E-state index in [1.54, 1.807) is 19.1 Å². The van der Waals surface area contributed by atoms with Crippen molar-refractivity contribution >= 4 is 15.9 Å². The summed E-state index contributed by atoms with van der Waals surface area (Å²) in [6, 6.07) is 10.0. The molecule has 30 heavy (non-hydrogen) atoms. The monoisotopic (exact) mass is 430 g/mol. The maximum atomic E-state index is 13.0. The molecule has 2 heterocycles. The van der Waals surface area contributed by atoms with Gasteiger partial charge in [0, 0.05) is 18.7 Å². The molecule has 2 aliphatic heterocycles. The molecular weight excluding hydrogens is 404 g/mol. The molecule has 1 fully saturated rings. The first-order valence-corrected chi connectivity index (χ1v) is 11.6. The first-order chi connectivity index (χ1) is 14.4. The van der Waals surface area contributed by atoms with Gasteiger partial charge in [-0.25, -0.2) is 8.42 Å². The molecule has 160 valence electrons. The van der Waals surface area contributed by atoms with Gasteiger partial charge in [-0.1, -0.05) is 12.1 Å². The molecule has 2 aliphatic rings. The Morgan fingerprint density at radius 2 is 1.73 bits per heavy atom. The van der Waals surface area contributed by atoms with Gasteiger partial charge < -0.3 is 14.8 Å². The Hall–Kier alpha value is -2.58. The van der Waals surface area contributed by atoms with Gasteiger partial charge in [0.15, 0.2) is 11.5 Å². The molecule has 0 radical (unpaired) electrons. The quantitative estimate of drug-likeness (QED) is 0.788. The van der Waals surface area contributed by atoms with Gasteiger partial charge in [0.2, 0.25) is 10.0 Å². The van der Waals surface area contributed by atoms with Crippen LogP contribution in [0.2, 0.25) is 0 Å². The second-order valence-corrected chi connectivity index (χ2v) is 9.62. The number of amides is 1. The number of nitrogens with zero attached hydrogens (tertiary/aromatic N) is 1. The van der Waals surface area contributed by atoms with Gasteiger partial charge >= 0.3 is 0 Å². The van der Waals surface area contributed by atoms with Gasteiger partial charge in [0.25, 0.3) is 5.91 Å². The van der Waals surface area contributed by atoms with E-state index < -0.39 is 10.0 Å². The van der Waals surface area contributed by atoms with E-state index in [4.69, 9.17) is 9.47 Å². The third kappa shape index (κ3) is 4.02. The zero-order valence-electron chi connectivity index (χ0n) is 17.2. The lowest BCUT2D eigenvalue weighted by molar-refractivity contribution is 0.0939. The summed E-state index contributed by atoms with van der Waals surface area (Å²) in [6.07, 6.45) is 1.73. The summed E-state index contributed by atoms with van der Waals surface area (Å²) >= 11 is 0. The number of nitrogens with one attached hydrogen (secondary N) is 1. The molecule has 0 aliphatic carbocycles. The standard InChI is InChI=1S/C22H26N2O5S/c1-15-5-7-18(30(26,27)24-9-3-4-10-24)14-19(15)22(25)23-16(2)17-6-8-20-21(13-17)29-12-11-28-20/h5-8,13-14,16H,3-4,9-12H2,1-2H3,(H,23,25). The van der Waals surface area contributed by atoms with Crippen LogP contribution in [-0.2, 0) is 10.0 Å². The van der Waals surface area contributed by atoms with Crippen molar-refractivity contribution in [1.29, 1.82) is 0 Å². The van der Waals surface area contributed by atoms with Crippen LogP contribution in [0.1, 0.15) is 47.3 Å². The zero-order chi connectivity index (χ0) is 21.3. The van der Waals surface area contributed by atoms with Crippen LogP contribution < -0.4 is 14.8 Å². The highest BCUT2D eigenvalue weighted by atomic mass is 32.2. The second kappa shape index (κ2) is 8.28. The van der Waals surface area contributed by atoms with Gasteiger partial charge in [-0.3, -0.25) is 4.79 Å². The Morgan fingerprint density at radius 1 is 1.03 bits per heavy atom. The van der Waals surface area contributed by atoms with Crippen molar-refractivity contribution in [3.05, 3.63) is 53.1 Å². The molecular formula is C22H26N2O5S. The highest BCUT2D eigenvalue weighted by molar-refractivity contribution is 7.89. The molecule has 4 rings (SSSR count). The summed E-state index contributed by atoms with van der Waals surface area (Å²) in [4.78, 5) is 13.1. The fourth-order valence-corrected chi connectivity index (χ4v) is 5.31. The number of carbonyl (C=O) groups is 1. The smallest absolute Gasteiger partial charge is 0.252 e. The minimum atomic E-state index is -3.58. The largest absolute Gasteiger partial charge is 0.486 e. The number of ether oxygens (including phenoxy) is 2. The summed E-state index contributed by atoms with van der Waals surface area (Å²) in [5.74, 6) is 1.04. The molecule has 1 amide bonds. The molecule has 0 bridgehead atoms. The predicted octanol–water partition coefficient (Wildman–Crippen LogP) is 3.04. The Bertz CT molecular complexity index is 1060. The highest BCUT2D eigenvalue weighted by Gasteiger charge is 2.28. The average molecular weight is 431 g/mol. The number of aryl methyl sites for hydroxylation is 1. The molecule has 1 unspecified atom stereocenters. The summed E-state index contributed by atoms with van der Waals surface area (Å²) in [5, 5.41) is 2.96. The van der Waals surface area contributed by atoms with Crippen molar-refractivity contribution in [1.82, 2.24) is 9.62 Å². The maximum Gasteiger partial charge on any atom is 0.252 e. The Labute approximate surface area is 177 Å². The first-order valence-electron chi connectivity index (χ1n) is 10.2. The lowest BCUT2D eigenvalue weighted by Crippen LogP contribution is -2.30. The molecule has 0 saturated carbocycles. The van der Waals surface area contributed by atoms with E-state index in [0.29, 0.717) is 43.4 Å². The first kappa shape index (κ1) is 20.7. The van der Waals surface area contributed by atoms with Gasteiger partial charge in [-0.05, 0) is 62.1 Å². The van der Waals surface area contributed by atoms with Crippen molar-refractivity contribution in [2.24, 2.45) is 0 Å². The third-order valence-corrected chi connectivity index (χ3v) is 7.46. The SMILES string of the molecule is Cc1ccc(S(=O)(=O)N2CCCC2)cc1C(=O)NC(C)c1ccc2c(c1)OCCO2. The third-order valence-electron chi connectivity index (χ3n) is 5.57. The van der Waals surface area contributed by atoms with Crippen LogP contribution in [0.5, 0.6) is 11.5 Å². The normalized spacial score (nSPS) is 17.5. The van der Waals surface area contributed by atoms with Crippen LogP contribution in [-0.4, -0.2) is 44.9 Å². The van der Waals surface area contributed by atoms with E-state index in [9.17, 15) is 13.2 Å². The van der Waals surface area contributed by atoms with Crippen molar-refractivity contribution < 1.29 is 22.7 Å². The average Bonchev–Trinajstić information content (AvgIpc) is 3.29. The number of rotatable bonds is 5. The van der Waals surface area contributed by atoms with Crippen molar-refractivity contribution in [2.75, 3.05) is 26.3 Å². The topological polar surface area (TPSA) is 84.9 Å². The number of sulfonamides is 1. The van der Waals surface area contributed by atoms with E-state index >= 15 is 0 Å². The van der Waals surface area contributed by atoms with Crippen molar-refractivity contribution in [3.63, 3.8) is 0 Å². The molecule has 7 nitrogen and oxygen atoms in total. The van der Waals surface area contributed by atoms with E-state index in [0.717, 1.165) is 24.0 Å². The van der Waals surface area contributed by atoms with Gasteiger partial charge in [-0.2, -0.15) is 4.31 Å². The molecule has 1 N–H and O–H groups in total. The maximum absolute atomic E-state index is 13.0. The van der Waals surface area contributed by atoms with Crippen LogP contribution in [0.4, 0.5) is 0 Å². The van der Waals surface area contributed by atoms with Crippen LogP contribution in [0.3, 0.4) is 0 Å². The number of hydrogen-bond acceptors (Lipinski definition) is 5. The number of benzene rings is 2. The second-order valence-electron chi connectivity index (χ2n) is 7.69. The molecule has 0 aromatic heterocycles. The van der Waals surface area contributed by atoms with E-state index in [2.05, 4.69) is 5.32 Å². The van der Waals surface area contributed by atoms with Crippen LogP contribution in [0.15, 0.2) is 41.3 Å². The predicted molar refractivity (Wildman–Crippen MR) is 112 cm³/mol. The summed E-state index contributed by atoms with van der Waals surface area (Å²) < 4.78 is 38.4. The Kier molecular flexibility index (Phi) is 5.71. The Balaban J connectivity index is 1.54. The van der Waals surface area contributed by atoms with Crippen LogP contribution in [0, 0.1) is 6.92 Å². The minimum absolute atomic E-state index is 0.159. The summed E-state index contributed by atoms with van der Waals surface area (Å²) in [5.41, 5.74) is 1.97. The zero-order valence-corrected chi connectivity index (χ0v) is 18.0. The molecule has 2 aromatic carbocycles. The van der Waals surface area contributed by atoms with Gasteiger partial charge in [0.1, 0.15) is 13.2 Å². The van der Waals surface area contributed by atoms with Gasteiger partial charge in [0.05, 0.1) is 10.9 Å². The highest BCUT2D eigenvalue weighted by Crippen LogP contribution is 2.32. The Morgan fingerprint density at radius 3 is 2.47 bits per heavy atom. The molecule has 2 aromatic rings. The fraction of sp³-hybridized carbons (Fsp3) is 0.409. The molecule has 0 spiro atoms. The molecule has 1 saturated heterocycles. The summed E-state index contributed by atoms with van der Waals surface area (Å²) in [7, 11) is -3.58. The van der Waals surface area contributed by atoms with Crippen molar-refractivity contribution in [3.8, 4) is 11.5 Å². The minimum Gasteiger partial charge on any atom is -0.486 e. The lowest BCUT2D eigenvalue weighted by Gasteiger charge is -2.21.